The number of hydrogen-bond acceptors (Lipinski definition) is 4. The van der Waals surface area contributed by atoms with E-state index in [4.69, 9.17) is 0 Å². The molecule has 0 bridgehead atoms. The molecule has 0 spiro atoms. The van der Waals surface area contributed by atoms with Crippen molar-refractivity contribution < 1.29 is 4.79 Å². The molecule has 1 aliphatic heterocycles. The van der Waals surface area contributed by atoms with E-state index in [1.807, 2.05) is 39.0 Å². The van der Waals surface area contributed by atoms with Crippen LogP contribution in [0.3, 0.4) is 0 Å². The van der Waals surface area contributed by atoms with Gasteiger partial charge in [0.05, 0.1) is 0 Å². The number of amides is 1. The Balaban J connectivity index is 1.96. The van der Waals surface area contributed by atoms with Crippen LogP contribution in [0.25, 0.3) is 0 Å². The molecule has 0 saturated carbocycles. The number of hydrogen-bond donors (Lipinski definition) is 1. The highest BCUT2D eigenvalue weighted by atomic mass is 16.2. The Morgan fingerprint density at radius 1 is 1.23 bits per heavy atom. The molecule has 1 N–H and O–H groups in total. The molecule has 1 amide bonds. The van der Waals surface area contributed by atoms with Gasteiger partial charge in [-0.05, 0) is 44.7 Å². The summed E-state index contributed by atoms with van der Waals surface area (Å²) in [5.74, 6) is -0.471. The third kappa shape index (κ3) is 2.94. The number of aromatic nitrogens is 2. The van der Waals surface area contributed by atoms with Crippen molar-refractivity contribution in [1.82, 2.24) is 9.13 Å². The first-order chi connectivity index (χ1) is 12.3. The van der Waals surface area contributed by atoms with E-state index in [-0.39, 0.29) is 5.56 Å². The van der Waals surface area contributed by atoms with Gasteiger partial charge in [-0.1, -0.05) is 17.7 Å². The molecule has 1 aliphatic rings. The smallest absolute Gasteiger partial charge is 0.324 e. The first kappa shape index (κ1) is 17.7. The predicted molar refractivity (Wildman–Crippen MR) is 97.3 cm³/mol. The zero-order chi connectivity index (χ0) is 19.0. The van der Waals surface area contributed by atoms with E-state index in [0.29, 0.717) is 30.8 Å². The van der Waals surface area contributed by atoms with E-state index in [2.05, 4.69) is 5.32 Å². The van der Waals surface area contributed by atoms with Gasteiger partial charge in [0, 0.05) is 17.9 Å². The highest BCUT2D eigenvalue weighted by Gasteiger charge is 2.23. The predicted octanol–water partition coefficient (Wildman–Crippen LogP) is 1.39. The number of carbonyl (C=O) groups is 1. The van der Waals surface area contributed by atoms with Gasteiger partial charge in [0.1, 0.15) is 18.2 Å². The van der Waals surface area contributed by atoms with Crippen LogP contribution in [0.4, 0.5) is 5.69 Å². The Bertz CT molecular complexity index is 1050. The maximum atomic E-state index is 12.6. The van der Waals surface area contributed by atoms with Crippen LogP contribution < -0.4 is 16.6 Å². The molecule has 3 rings (SSSR count). The molecule has 2 heterocycles. The minimum atomic E-state index is -0.696. The number of carbonyl (C=O) groups excluding carboxylic acids is 1. The second kappa shape index (κ2) is 6.64. The van der Waals surface area contributed by atoms with Crippen molar-refractivity contribution in [1.29, 1.82) is 5.26 Å². The molecule has 0 aliphatic carbocycles. The number of aryl methyl sites for hydroxylation is 3. The summed E-state index contributed by atoms with van der Waals surface area (Å²) in [6, 6.07) is 5.79. The molecule has 0 saturated heterocycles. The van der Waals surface area contributed by atoms with Crippen molar-refractivity contribution in [2.24, 2.45) is 0 Å². The van der Waals surface area contributed by atoms with E-state index in [0.717, 1.165) is 21.3 Å². The molecule has 0 atom stereocenters. The van der Waals surface area contributed by atoms with Gasteiger partial charge in [0.25, 0.3) is 5.56 Å². The number of nitrogens with zero attached hydrogens (tertiary/aromatic N) is 3. The van der Waals surface area contributed by atoms with Crippen LogP contribution in [0.2, 0.25) is 0 Å². The van der Waals surface area contributed by atoms with Crippen molar-refractivity contribution in [3.05, 3.63) is 60.9 Å². The van der Waals surface area contributed by atoms with E-state index in [1.165, 1.54) is 4.57 Å². The first-order valence-corrected chi connectivity index (χ1v) is 8.47. The minimum Gasteiger partial charge on any atom is -0.324 e. The summed E-state index contributed by atoms with van der Waals surface area (Å²) >= 11 is 0. The third-order valence-corrected chi connectivity index (χ3v) is 4.69. The number of nitrogens with one attached hydrogen (secondary N) is 1. The van der Waals surface area contributed by atoms with Crippen LogP contribution in [0.1, 0.15) is 34.4 Å². The fourth-order valence-electron chi connectivity index (χ4n) is 3.59. The number of fused-ring (bicyclic) bond motifs is 1. The lowest BCUT2D eigenvalue weighted by Crippen LogP contribution is -2.44. The SMILES string of the molecule is Cc1cc(C)c(NC(=O)Cn2c(=O)c(C#N)c3n(c2=O)CCC3)c(C)c1. The van der Waals surface area contributed by atoms with E-state index in [9.17, 15) is 19.6 Å². The number of benzene rings is 1. The third-order valence-electron chi connectivity index (χ3n) is 4.69. The number of rotatable bonds is 3. The maximum absolute atomic E-state index is 12.6. The largest absolute Gasteiger partial charge is 0.331 e. The minimum absolute atomic E-state index is 0.0439. The second-order valence-corrected chi connectivity index (χ2v) is 6.68. The van der Waals surface area contributed by atoms with E-state index < -0.39 is 23.7 Å². The molecule has 1 aromatic carbocycles. The van der Waals surface area contributed by atoms with E-state index >= 15 is 0 Å². The molecule has 7 heteroatoms. The van der Waals surface area contributed by atoms with Crippen LogP contribution in [0.15, 0.2) is 21.7 Å². The topological polar surface area (TPSA) is 96.9 Å². The summed E-state index contributed by atoms with van der Waals surface area (Å²) in [6.45, 7) is 5.79. The molecule has 2 aromatic rings. The standard InChI is InChI=1S/C19H20N4O3/c1-11-7-12(2)17(13(3)8-11)21-16(24)10-23-18(25)14(9-20)15-5-4-6-22(15)19(23)26/h7-8H,4-6,10H2,1-3H3,(H,21,24). The Kier molecular flexibility index (Phi) is 4.51. The Hall–Kier alpha value is -3.14. The van der Waals surface area contributed by atoms with Gasteiger partial charge in [0.15, 0.2) is 0 Å². The van der Waals surface area contributed by atoms with Gasteiger partial charge >= 0.3 is 5.69 Å². The fraction of sp³-hybridized carbons (Fsp3) is 0.368. The fourth-order valence-corrected chi connectivity index (χ4v) is 3.59. The van der Waals surface area contributed by atoms with Crippen molar-refractivity contribution in [2.45, 2.75) is 46.7 Å². The quantitative estimate of drug-likeness (QED) is 0.903. The second-order valence-electron chi connectivity index (χ2n) is 6.68. The zero-order valence-electron chi connectivity index (χ0n) is 15.0. The van der Waals surface area contributed by atoms with Gasteiger partial charge in [-0.15, -0.1) is 0 Å². The Labute approximate surface area is 150 Å². The Morgan fingerprint density at radius 3 is 2.50 bits per heavy atom. The van der Waals surface area contributed by atoms with Gasteiger partial charge in [-0.25, -0.2) is 9.36 Å². The summed E-state index contributed by atoms with van der Waals surface area (Å²) in [6.07, 6.45) is 1.24. The molecule has 134 valence electrons. The molecular weight excluding hydrogens is 332 g/mol. The number of nitriles is 1. The summed E-state index contributed by atoms with van der Waals surface area (Å²) in [5, 5.41) is 12.1. The van der Waals surface area contributed by atoms with Gasteiger partial charge < -0.3 is 5.32 Å². The van der Waals surface area contributed by atoms with Crippen LogP contribution in [-0.2, 0) is 24.3 Å². The van der Waals surface area contributed by atoms with Crippen molar-refractivity contribution in [3.63, 3.8) is 0 Å². The highest BCUT2D eigenvalue weighted by molar-refractivity contribution is 5.92. The van der Waals surface area contributed by atoms with Crippen LogP contribution in [-0.4, -0.2) is 15.0 Å². The van der Waals surface area contributed by atoms with Crippen LogP contribution in [0.5, 0.6) is 0 Å². The monoisotopic (exact) mass is 352 g/mol. The summed E-state index contributed by atoms with van der Waals surface area (Å²) in [5.41, 5.74) is 2.78. The summed E-state index contributed by atoms with van der Waals surface area (Å²) < 4.78 is 2.27. The lowest BCUT2D eigenvalue weighted by Gasteiger charge is -2.14. The molecule has 26 heavy (non-hydrogen) atoms. The molecule has 0 radical (unpaired) electrons. The molecular formula is C19H20N4O3. The van der Waals surface area contributed by atoms with Gasteiger partial charge in [-0.3, -0.25) is 14.2 Å². The zero-order valence-corrected chi connectivity index (χ0v) is 15.0. The molecule has 7 nitrogen and oxygen atoms in total. The maximum Gasteiger partial charge on any atom is 0.331 e. The summed E-state index contributed by atoms with van der Waals surface area (Å²) in [7, 11) is 0. The normalized spacial score (nSPS) is 12.5. The number of anilines is 1. The van der Waals surface area contributed by atoms with Crippen LogP contribution >= 0.6 is 0 Å². The van der Waals surface area contributed by atoms with Gasteiger partial charge in [0.2, 0.25) is 5.91 Å². The van der Waals surface area contributed by atoms with Crippen molar-refractivity contribution in [3.8, 4) is 6.07 Å². The average Bonchev–Trinajstić information content (AvgIpc) is 3.05. The lowest BCUT2D eigenvalue weighted by molar-refractivity contribution is -0.116. The highest BCUT2D eigenvalue weighted by Crippen LogP contribution is 2.21. The lowest BCUT2D eigenvalue weighted by atomic mass is 10.1. The Morgan fingerprint density at radius 2 is 1.88 bits per heavy atom. The molecule has 1 aromatic heterocycles. The summed E-state index contributed by atoms with van der Waals surface area (Å²) in [4.78, 5) is 37.5. The molecule has 0 fully saturated rings. The first-order valence-electron chi connectivity index (χ1n) is 8.47. The van der Waals surface area contributed by atoms with Gasteiger partial charge in [-0.2, -0.15) is 5.26 Å². The van der Waals surface area contributed by atoms with E-state index in [1.54, 1.807) is 0 Å². The van der Waals surface area contributed by atoms with Crippen molar-refractivity contribution in [2.75, 3.05) is 5.32 Å². The van der Waals surface area contributed by atoms with Crippen LogP contribution in [0, 0.1) is 32.1 Å². The van der Waals surface area contributed by atoms with Crippen molar-refractivity contribution >= 4 is 11.6 Å². The molecule has 0 unspecified atom stereocenters. The average molecular weight is 352 g/mol.